The SMILES string of the molecule is CNC(=O)C1CCCN(c2nc3ncn(CC(=O)Nc4c(C)cc(C)cc4C)c(=O)c3s2)C1. The van der Waals surface area contributed by atoms with Crippen LogP contribution in [0, 0.1) is 26.7 Å². The first-order valence-electron chi connectivity index (χ1n) is 11.0. The standard InChI is InChI=1S/C23H28N6O3S/c1-13-8-14(2)18(15(3)9-13)26-17(30)11-29-12-25-20-19(22(29)32)33-23(27-20)28-7-5-6-16(10-28)21(31)24-4/h8-9,12,16H,5-7,10-11H2,1-4H3,(H,24,31)(H,26,30). The summed E-state index contributed by atoms with van der Waals surface area (Å²) in [6.45, 7) is 7.11. The molecule has 4 rings (SSSR count). The van der Waals surface area contributed by atoms with E-state index in [0.29, 0.717) is 22.0 Å². The Morgan fingerprint density at radius 1 is 1.21 bits per heavy atom. The zero-order valence-corrected chi connectivity index (χ0v) is 20.1. The number of carbonyl (C=O) groups is 2. The Balaban J connectivity index is 1.53. The molecule has 2 aromatic heterocycles. The zero-order valence-electron chi connectivity index (χ0n) is 19.3. The molecule has 0 radical (unpaired) electrons. The first-order chi connectivity index (χ1) is 15.8. The highest BCUT2D eigenvalue weighted by molar-refractivity contribution is 7.22. The van der Waals surface area contributed by atoms with Gasteiger partial charge in [-0.3, -0.25) is 19.0 Å². The van der Waals surface area contributed by atoms with Crippen molar-refractivity contribution in [2.24, 2.45) is 5.92 Å². The van der Waals surface area contributed by atoms with Crippen LogP contribution in [-0.4, -0.2) is 46.5 Å². The quantitative estimate of drug-likeness (QED) is 0.595. The van der Waals surface area contributed by atoms with Crippen LogP contribution >= 0.6 is 11.3 Å². The molecule has 33 heavy (non-hydrogen) atoms. The van der Waals surface area contributed by atoms with Gasteiger partial charge in [0, 0.05) is 25.8 Å². The number of anilines is 2. The molecule has 1 aromatic carbocycles. The predicted octanol–water partition coefficient (Wildman–Crippen LogP) is 2.38. The fourth-order valence-corrected chi connectivity index (χ4v) is 5.37. The number of benzene rings is 1. The second kappa shape index (κ2) is 9.30. The van der Waals surface area contributed by atoms with Crippen LogP contribution in [0.2, 0.25) is 0 Å². The summed E-state index contributed by atoms with van der Waals surface area (Å²) in [7, 11) is 1.64. The van der Waals surface area contributed by atoms with E-state index >= 15 is 0 Å². The monoisotopic (exact) mass is 468 g/mol. The molecule has 0 saturated carbocycles. The minimum atomic E-state index is -0.295. The molecule has 0 spiro atoms. The number of amides is 2. The van der Waals surface area contributed by atoms with Gasteiger partial charge in [-0.25, -0.2) is 4.98 Å². The second-order valence-electron chi connectivity index (χ2n) is 8.55. The van der Waals surface area contributed by atoms with Crippen LogP contribution in [0.3, 0.4) is 0 Å². The normalized spacial score (nSPS) is 16.1. The maximum absolute atomic E-state index is 13.0. The summed E-state index contributed by atoms with van der Waals surface area (Å²) in [6, 6.07) is 4.02. The van der Waals surface area contributed by atoms with Gasteiger partial charge in [-0.15, -0.1) is 0 Å². The average Bonchev–Trinajstić information content (AvgIpc) is 3.23. The molecule has 3 aromatic rings. The summed E-state index contributed by atoms with van der Waals surface area (Å²) in [5, 5.41) is 6.31. The van der Waals surface area contributed by atoms with Crippen molar-refractivity contribution in [1.29, 1.82) is 0 Å². The number of carbonyl (C=O) groups excluding carboxylic acids is 2. The lowest BCUT2D eigenvalue weighted by atomic mass is 9.98. The van der Waals surface area contributed by atoms with Crippen molar-refractivity contribution < 1.29 is 9.59 Å². The van der Waals surface area contributed by atoms with Crippen molar-refractivity contribution in [1.82, 2.24) is 19.9 Å². The topological polar surface area (TPSA) is 109 Å². The van der Waals surface area contributed by atoms with E-state index in [2.05, 4.69) is 20.6 Å². The van der Waals surface area contributed by atoms with Crippen LogP contribution in [-0.2, 0) is 16.1 Å². The Kier molecular flexibility index (Phi) is 6.46. The Morgan fingerprint density at radius 3 is 2.64 bits per heavy atom. The van der Waals surface area contributed by atoms with Gasteiger partial charge in [0.05, 0.1) is 5.92 Å². The molecule has 10 heteroatoms. The highest BCUT2D eigenvalue weighted by atomic mass is 32.1. The second-order valence-corrected chi connectivity index (χ2v) is 9.53. The third kappa shape index (κ3) is 4.75. The lowest BCUT2D eigenvalue weighted by Gasteiger charge is -2.31. The number of hydrogen-bond donors (Lipinski definition) is 2. The predicted molar refractivity (Wildman–Crippen MR) is 130 cm³/mol. The van der Waals surface area contributed by atoms with Gasteiger partial charge in [-0.1, -0.05) is 29.0 Å². The van der Waals surface area contributed by atoms with Crippen molar-refractivity contribution in [2.45, 2.75) is 40.2 Å². The number of nitrogens with zero attached hydrogens (tertiary/aromatic N) is 4. The van der Waals surface area contributed by atoms with Gasteiger partial charge in [0.15, 0.2) is 10.8 Å². The summed E-state index contributed by atoms with van der Waals surface area (Å²) in [4.78, 5) is 48.6. The van der Waals surface area contributed by atoms with Crippen molar-refractivity contribution in [3.8, 4) is 0 Å². The summed E-state index contributed by atoms with van der Waals surface area (Å²) < 4.78 is 1.72. The molecule has 3 heterocycles. The summed E-state index contributed by atoms with van der Waals surface area (Å²) in [6.07, 6.45) is 3.08. The number of aromatic nitrogens is 3. The van der Waals surface area contributed by atoms with Crippen LogP contribution in [0.15, 0.2) is 23.3 Å². The third-order valence-electron chi connectivity index (χ3n) is 5.94. The molecule has 0 bridgehead atoms. The summed E-state index contributed by atoms with van der Waals surface area (Å²) in [5.41, 5.74) is 3.92. The molecular weight excluding hydrogens is 440 g/mol. The zero-order chi connectivity index (χ0) is 23.7. The number of aryl methyl sites for hydroxylation is 3. The Bertz CT molecular complexity index is 1260. The van der Waals surface area contributed by atoms with E-state index in [4.69, 9.17) is 0 Å². The molecule has 2 N–H and O–H groups in total. The van der Waals surface area contributed by atoms with Gasteiger partial charge in [-0.2, -0.15) is 4.98 Å². The smallest absolute Gasteiger partial charge is 0.273 e. The molecule has 1 aliphatic rings. The average molecular weight is 469 g/mol. The lowest BCUT2D eigenvalue weighted by molar-refractivity contribution is -0.124. The molecule has 2 amide bonds. The maximum atomic E-state index is 13.0. The fraction of sp³-hybridized carbons (Fsp3) is 0.435. The number of hydrogen-bond acceptors (Lipinski definition) is 7. The van der Waals surface area contributed by atoms with Crippen molar-refractivity contribution >= 4 is 44.3 Å². The Morgan fingerprint density at radius 2 is 1.94 bits per heavy atom. The van der Waals surface area contributed by atoms with Gasteiger partial charge < -0.3 is 15.5 Å². The molecule has 0 aliphatic carbocycles. The first-order valence-corrected chi connectivity index (χ1v) is 11.8. The molecule has 1 aliphatic heterocycles. The lowest BCUT2D eigenvalue weighted by Crippen LogP contribution is -2.42. The van der Waals surface area contributed by atoms with Gasteiger partial charge >= 0.3 is 0 Å². The van der Waals surface area contributed by atoms with Crippen LogP contribution in [0.4, 0.5) is 10.8 Å². The fourth-order valence-electron chi connectivity index (χ4n) is 4.36. The first kappa shape index (κ1) is 22.9. The van der Waals surface area contributed by atoms with Crippen LogP contribution < -0.4 is 21.1 Å². The number of rotatable bonds is 5. The number of nitrogens with one attached hydrogen (secondary N) is 2. The molecular formula is C23H28N6O3S. The minimum Gasteiger partial charge on any atom is -0.359 e. The largest absolute Gasteiger partial charge is 0.359 e. The van der Waals surface area contributed by atoms with E-state index in [0.717, 1.165) is 41.8 Å². The highest BCUT2D eigenvalue weighted by Crippen LogP contribution is 2.29. The van der Waals surface area contributed by atoms with Gasteiger partial charge in [0.2, 0.25) is 11.8 Å². The minimum absolute atomic E-state index is 0.0198. The van der Waals surface area contributed by atoms with Crippen molar-refractivity contribution in [3.63, 3.8) is 0 Å². The van der Waals surface area contributed by atoms with E-state index in [9.17, 15) is 14.4 Å². The van der Waals surface area contributed by atoms with E-state index in [-0.39, 0.29) is 29.8 Å². The van der Waals surface area contributed by atoms with Crippen LogP contribution in [0.5, 0.6) is 0 Å². The number of fused-ring (bicyclic) bond motifs is 1. The van der Waals surface area contributed by atoms with Crippen LogP contribution in [0.25, 0.3) is 10.3 Å². The van der Waals surface area contributed by atoms with E-state index in [1.54, 1.807) is 7.05 Å². The van der Waals surface area contributed by atoms with Gasteiger partial charge in [-0.05, 0) is 44.7 Å². The Labute approximate surface area is 195 Å². The molecule has 1 atom stereocenters. The van der Waals surface area contributed by atoms with E-state index in [1.165, 1.54) is 22.2 Å². The highest BCUT2D eigenvalue weighted by Gasteiger charge is 2.27. The Hall–Kier alpha value is -3.27. The van der Waals surface area contributed by atoms with Crippen molar-refractivity contribution in [3.05, 3.63) is 45.5 Å². The summed E-state index contributed by atoms with van der Waals surface area (Å²) >= 11 is 1.26. The molecule has 1 unspecified atom stereocenters. The maximum Gasteiger partial charge on any atom is 0.273 e. The number of thiazole rings is 1. The van der Waals surface area contributed by atoms with E-state index in [1.807, 2.05) is 37.8 Å². The third-order valence-corrected chi connectivity index (χ3v) is 7.03. The van der Waals surface area contributed by atoms with E-state index < -0.39 is 0 Å². The van der Waals surface area contributed by atoms with Gasteiger partial charge in [0.25, 0.3) is 5.56 Å². The van der Waals surface area contributed by atoms with Crippen LogP contribution in [0.1, 0.15) is 29.5 Å². The number of piperidine rings is 1. The summed E-state index contributed by atoms with van der Waals surface area (Å²) in [5.74, 6) is -0.369. The molecule has 1 fully saturated rings. The van der Waals surface area contributed by atoms with Crippen molar-refractivity contribution in [2.75, 3.05) is 30.4 Å². The van der Waals surface area contributed by atoms with Gasteiger partial charge in [0.1, 0.15) is 17.6 Å². The molecule has 1 saturated heterocycles. The molecule has 9 nitrogen and oxygen atoms in total. The molecule has 174 valence electrons.